The van der Waals surface area contributed by atoms with Gasteiger partial charge in [0.2, 0.25) is 15.9 Å². The molecule has 1 amide bonds. The summed E-state index contributed by atoms with van der Waals surface area (Å²) in [5.41, 5.74) is 0. The summed E-state index contributed by atoms with van der Waals surface area (Å²) in [6.07, 6.45) is 2.47. The van der Waals surface area contributed by atoms with Crippen molar-refractivity contribution in [2.45, 2.75) is 24.2 Å². The van der Waals surface area contributed by atoms with Crippen LogP contribution in [0.4, 0.5) is 0 Å². The number of methoxy groups -OCH3 is 1. The van der Waals surface area contributed by atoms with E-state index in [-0.39, 0.29) is 17.3 Å². The number of rotatable bonds is 6. The highest BCUT2D eigenvalue weighted by Crippen LogP contribution is 2.15. The highest BCUT2D eigenvalue weighted by atomic mass is 32.2. The number of piperidine rings is 1. The van der Waals surface area contributed by atoms with E-state index in [1.807, 2.05) is 0 Å². The number of carbonyl (C=O) groups excluding carboxylic acids is 1. The summed E-state index contributed by atoms with van der Waals surface area (Å²) in [5, 5.41) is 0. The second kappa shape index (κ2) is 6.91. The first-order valence-electron chi connectivity index (χ1n) is 6.94. The first kappa shape index (κ1) is 15.8. The van der Waals surface area contributed by atoms with Crippen molar-refractivity contribution in [1.29, 1.82) is 0 Å². The average molecular weight is 312 g/mol. The monoisotopic (exact) mass is 312 g/mol. The molecule has 1 fully saturated rings. The van der Waals surface area contributed by atoms with E-state index in [1.165, 1.54) is 19.2 Å². The Kier molecular flexibility index (Phi) is 5.19. The molecule has 1 aliphatic rings. The molecule has 7 heteroatoms. The number of ether oxygens (including phenoxy) is 1. The summed E-state index contributed by atoms with van der Waals surface area (Å²) in [6, 6.07) is 6.19. The van der Waals surface area contributed by atoms with Crippen molar-refractivity contribution in [3.05, 3.63) is 24.3 Å². The third-order valence-electron chi connectivity index (χ3n) is 3.46. The first-order chi connectivity index (χ1) is 10.0. The number of hydrogen-bond donors (Lipinski definition) is 1. The third-order valence-corrected chi connectivity index (χ3v) is 4.94. The average Bonchev–Trinajstić information content (AvgIpc) is 2.49. The normalized spacial score (nSPS) is 16.0. The van der Waals surface area contributed by atoms with Crippen LogP contribution in [0.15, 0.2) is 29.2 Å². The van der Waals surface area contributed by atoms with Crippen molar-refractivity contribution in [1.82, 2.24) is 9.62 Å². The molecule has 1 aromatic carbocycles. The van der Waals surface area contributed by atoms with Gasteiger partial charge in [-0.1, -0.05) is 0 Å². The number of carbonyl (C=O) groups is 1. The molecule has 1 aliphatic heterocycles. The third kappa shape index (κ3) is 4.18. The molecule has 0 unspecified atom stereocenters. The minimum atomic E-state index is -3.55. The van der Waals surface area contributed by atoms with Gasteiger partial charge in [-0.2, -0.15) is 0 Å². The Hall–Kier alpha value is -1.60. The zero-order valence-electron chi connectivity index (χ0n) is 12.0. The molecule has 116 valence electrons. The molecule has 0 saturated carbocycles. The summed E-state index contributed by atoms with van der Waals surface area (Å²) >= 11 is 0. The Labute approximate surface area is 125 Å². The molecule has 0 aliphatic carbocycles. The Morgan fingerprint density at radius 3 is 2.57 bits per heavy atom. The van der Waals surface area contributed by atoms with Gasteiger partial charge in [0.05, 0.1) is 12.0 Å². The van der Waals surface area contributed by atoms with E-state index in [9.17, 15) is 13.2 Å². The molecular formula is C14H20N2O4S. The lowest BCUT2D eigenvalue weighted by Gasteiger charge is -2.26. The van der Waals surface area contributed by atoms with E-state index in [0.29, 0.717) is 25.3 Å². The molecule has 1 aromatic rings. The Balaban J connectivity index is 1.90. The van der Waals surface area contributed by atoms with Crippen LogP contribution in [-0.4, -0.2) is 46.0 Å². The summed E-state index contributed by atoms with van der Waals surface area (Å²) in [4.78, 5) is 13.5. The van der Waals surface area contributed by atoms with Crippen LogP contribution in [0.2, 0.25) is 0 Å². The van der Waals surface area contributed by atoms with Gasteiger partial charge >= 0.3 is 0 Å². The molecule has 1 saturated heterocycles. The number of benzene rings is 1. The fourth-order valence-electron chi connectivity index (χ4n) is 2.25. The molecule has 2 rings (SSSR count). The van der Waals surface area contributed by atoms with Crippen molar-refractivity contribution in [2.75, 3.05) is 26.7 Å². The number of hydrogen-bond acceptors (Lipinski definition) is 4. The van der Waals surface area contributed by atoms with Crippen LogP contribution in [0.1, 0.15) is 19.3 Å². The quantitative estimate of drug-likeness (QED) is 0.850. The van der Waals surface area contributed by atoms with E-state index >= 15 is 0 Å². The molecule has 0 spiro atoms. The number of nitrogens with zero attached hydrogens (tertiary/aromatic N) is 1. The molecule has 0 radical (unpaired) electrons. The summed E-state index contributed by atoms with van der Waals surface area (Å²) in [5.74, 6) is 0.706. The van der Waals surface area contributed by atoms with E-state index in [2.05, 4.69) is 4.72 Å². The second-order valence-electron chi connectivity index (χ2n) is 4.91. The number of amides is 1. The first-order valence-corrected chi connectivity index (χ1v) is 8.43. The van der Waals surface area contributed by atoms with E-state index in [0.717, 1.165) is 12.8 Å². The van der Waals surface area contributed by atoms with Gasteiger partial charge in [0, 0.05) is 26.1 Å². The standard InChI is InChI=1S/C14H20N2O4S/c1-20-12-5-7-13(8-6-12)21(18,19)15-9-11-16-10-3-2-4-14(16)17/h5-8,15H,2-4,9-11H2,1H3. The molecular weight excluding hydrogens is 292 g/mol. The predicted octanol–water partition coefficient (Wildman–Crippen LogP) is 0.986. The smallest absolute Gasteiger partial charge is 0.240 e. The van der Waals surface area contributed by atoms with Crippen LogP contribution in [0.3, 0.4) is 0 Å². The van der Waals surface area contributed by atoms with Crippen molar-refractivity contribution in [3.8, 4) is 5.75 Å². The SMILES string of the molecule is COc1ccc(S(=O)(=O)NCCN2CCCCC2=O)cc1. The Morgan fingerprint density at radius 1 is 1.24 bits per heavy atom. The van der Waals surface area contributed by atoms with Gasteiger partial charge in [0.1, 0.15) is 5.75 Å². The van der Waals surface area contributed by atoms with Gasteiger partial charge < -0.3 is 9.64 Å². The lowest BCUT2D eigenvalue weighted by molar-refractivity contribution is -0.133. The molecule has 6 nitrogen and oxygen atoms in total. The molecule has 0 bridgehead atoms. The Morgan fingerprint density at radius 2 is 1.95 bits per heavy atom. The topological polar surface area (TPSA) is 75.7 Å². The van der Waals surface area contributed by atoms with Gasteiger partial charge in [-0.25, -0.2) is 13.1 Å². The van der Waals surface area contributed by atoms with Gasteiger partial charge in [-0.3, -0.25) is 4.79 Å². The second-order valence-corrected chi connectivity index (χ2v) is 6.68. The van der Waals surface area contributed by atoms with Crippen LogP contribution >= 0.6 is 0 Å². The van der Waals surface area contributed by atoms with Crippen molar-refractivity contribution >= 4 is 15.9 Å². The summed E-state index contributed by atoms with van der Waals surface area (Å²) in [7, 11) is -2.02. The molecule has 21 heavy (non-hydrogen) atoms. The largest absolute Gasteiger partial charge is 0.497 e. The van der Waals surface area contributed by atoms with Crippen molar-refractivity contribution < 1.29 is 17.9 Å². The fraction of sp³-hybridized carbons (Fsp3) is 0.500. The van der Waals surface area contributed by atoms with Gasteiger partial charge in [0.25, 0.3) is 0 Å². The Bertz CT molecular complexity index is 583. The number of sulfonamides is 1. The highest BCUT2D eigenvalue weighted by Gasteiger charge is 2.19. The minimum absolute atomic E-state index is 0.102. The zero-order chi connectivity index (χ0) is 15.3. The maximum atomic E-state index is 12.1. The van der Waals surface area contributed by atoms with Crippen LogP contribution < -0.4 is 9.46 Å². The van der Waals surface area contributed by atoms with Crippen molar-refractivity contribution in [3.63, 3.8) is 0 Å². The molecule has 0 atom stereocenters. The maximum Gasteiger partial charge on any atom is 0.240 e. The number of likely N-dealkylation sites (tertiary alicyclic amines) is 1. The lowest BCUT2D eigenvalue weighted by Crippen LogP contribution is -2.41. The predicted molar refractivity (Wildman–Crippen MR) is 78.6 cm³/mol. The van der Waals surface area contributed by atoms with Gasteiger partial charge in [0.15, 0.2) is 0 Å². The lowest BCUT2D eigenvalue weighted by atomic mass is 10.1. The van der Waals surface area contributed by atoms with Crippen LogP contribution in [0.25, 0.3) is 0 Å². The highest BCUT2D eigenvalue weighted by molar-refractivity contribution is 7.89. The van der Waals surface area contributed by atoms with E-state index in [4.69, 9.17) is 4.74 Å². The molecule has 1 heterocycles. The molecule has 0 aromatic heterocycles. The van der Waals surface area contributed by atoms with Gasteiger partial charge in [-0.15, -0.1) is 0 Å². The maximum absolute atomic E-state index is 12.1. The summed E-state index contributed by atoms with van der Waals surface area (Å²) in [6.45, 7) is 1.34. The fourth-order valence-corrected chi connectivity index (χ4v) is 3.27. The zero-order valence-corrected chi connectivity index (χ0v) is 12.9. The van der Waals surface area contributed by atoms with E-state index in [1.54, 1.807) is 17.0 Å². The minimum Gasteiger partial charge on any atom is -0.497 e. The molecule has 1 N–H and O–H groups in total. The number of nitrogens with one attached hydrogen (secondary N) is 1. The van der Waals surface area contributed by atoms with Crippen molar-refractivity contribution in [2.24, 2.45) is 0 Å². The van der Waals surface area contributed by atoms with Crippen LogP contribution in [-0.2, 0) is 14.8 Å². The van der Waals surface area contributed by atoms with Gasteiger partial charge in [-0.05, 0) is 37.1 Å². The van der Waals surface area contributed by atoms with Crippen LogP contribution in [0, 0.1) is 0 Å². The van der Waals surface area contributed by atoms with Crippen LogP contribution in [0.5, 0.6) is 5.75 Å². The summed E-state index contributed by atoms with van der Waals surface area (Å²) < 4.78 is 31.7. The van der Waals surface area contributed by atoms with E-state index < -0.39 is 10.0 Å².